The molecule has 5 heteroatoms. The quantitative estimate of drug-likeness (QED) is 0.813. The van der Waals surface area contributed by atoms with E-state index < -0.39 is 0 Å². The summed E-state index contributed by atoms with van der Waals surface area (Å²) in [6.45, 7) is 3.82. The summed E-state index contributed by atoms with van der Waals surface area (Å²) in [6, 6.07) is 15.4. The Bertz CT molecular complexity index is 700. The number of benzene rings is 2. The van der Waals surface area contributed by atoms with Crippen molar-refractivity contribution in [1.82, 2.24) is 4.90 Å². The minimum absolute atomic E-state index is 0.0170. The maximum Gasteiger partial charge on any atom is 0.260 e. The highest BCUT2D eigenvalue weighted by molar-refractivity contribution is 6.30. The monoisotopic (exact) mass is 359 g/mol. The maximum absolute atomic E-state index is 12.4. The number of halogens is 1. The van der Waals surface area contributed by atoms with Gasteiger partial charge in [-0.25, -0.2) is 0 Å². The Labute approximate surface area is 153 Å². The van der Waals surface area contributed by atoms with Crippen LogP contribution < -0.4 is 4.74 Å². The average Bonchev–Trinajstić information content (AvgIpc) is 2.67. The second-order valence-corrected chi connectivity index (χ2v) is 6.47. The van der Waals surface area contributed by atoms with Crippen LogP contribution in [0.5, 0.6) is 5.75 Å². The van der Waals surface area contributed by atoms with Crippen molar-refractivity contribution in [3.05, 3.63) is 64.7 Å². The number of rotatable bonds is 5. The van der Waals surface area contributed by atoms with Gasteiger partial charge in [0.1, 0.15) is 11.9 Å². The van der Waals surface area contributed by atoms with Gasteiger partial charge in [-0.05, 0) is 41.8 Å². The van der Waals surface area contributed by atoms with Gasteiger partial charge in [0.2, 0.25) is 0 Å². The first-order valence-electron chi connectivity index (χ1n) is 8.52. The highest BCUT2D eigenvalue weighted by Gasteiger charge is 2.25. The summed E-state index contributed by atoms with van der Waals surface area (Å²) in [5, 5.41) is 0.642. The van der Waals surface area contributed by atoms with Gasteiger partial charge in [0.15, 0.2) is 6.61 Å². The van der Waals surface area contributed by atoms with Crippen molar-refractivity contribution in [3.8, 4) is 5.75 Å². The van der Waals surface area contributed by atoms with Crippen molar-refractivity contribution in [2.45, 2.75) is 19.4 Å². The van der Waals surface area contributed by atoms with E-state index in [1.165, 1.54) is 5.56 Å². The molecule has 0 aliphatic carbocycles. The van der Waals surface area contributed by atoms with Crippen LogP contribution in [-0.4, -0.2) is 37.1 Å². The molecule has 0 spiro atoms. The lowest BCUT2D eigenvalue weighted by Gasteiger charge is -2.33. The molecule has 0 N–H and O–H groups in total. The molecular formula is C20H22ClNO3. The number of nitrogens with zero attached hydrogens (tertiary/aromatic N) is 1. The molecule has 1 amide bonds. The van der Waals surface area contributed by atoms with Gasteiger partial charge in [-0.3, -0.25) is 4.79 Å². The van der Waals surface area contributed by atoms with E-state index >= 15 is 0 Å². The Hall–Kier alpha value is -2.04. The predicted octanol–water partition coefficient (Wildman–Crippen LogP) is 3.88. The smallest absolute Gasteiger partial charge is 0.260 e. The average molecular weight is 360 g/mol. The number of ether oxygens (including phenoxy) is 2. The van der Waals surface area contributed by atoms with Gasteiger partial charge in [-0.15, -0.1) is 0 Å². The van der Waals surface area contributed by atoms with Crippen molar-refractivity contribution < 1.29 is 14.3 Å². The molecule has 2 aromatic carbocycles. The molecule has 0 saturated carbocycles. The summed E-state index contributed by atoms with van der Waals surface area (Å²) in [6.07, 6.45) is 0.928. The fraction of sp³-hybridized carbons (Fsp3) is 0.350. The molecule has 1 heterocycles. The Morgan fingerprint density at radius 1 is 1.20 bits per heavy atom. The van der Waals surface area contributed by atoms with Crippen LogP contribution >= 0.6 is 11.6 Å². The summed E-state index contributed by atoms with van der Waals surface area (Å²) in [7, 11) is 0. The van der Waals surface area contributed by atoms with Crippen molar-refractivity contribution in [2.75, 3.05) is 26.3 Å². The lowest BCUT2D eigenvalue weighted by atomic mass is 10.0. The van der Waals surface area contributed by atoms with E-state index in [0.29, 0.717) is 30.5 Å². The molecule has 1 aliphatic heterocycles. The van der Waals surface area contributed by atoms with E-state index in [0.717, 1.165) is 12.0 Å². The lowest BCUT2D eigenvalue weighted by Crippen LogP contribution is -2.44. The first-order valence-corrected chi connectivity index (χ1v) is 8.90. The minimum Gasteiger partial charge on any atom is -0.484 e. The van der Waals surface area contributed by atoms with Crippen LogP contribution in [0.4, 0.5) is 0 Å². The molecular weight excluding hydrogens is 338 g/mol. The van der Waals surface area contributed by atoms with E-state index in [4.69, 9.17) is 21.1 Å². The van der Waals surface area contributed by atoms with Crippen molar-refractivity contribution in [1.29, 1.82) is 0 Å². The summed E-state index contributed by atoms with van der Waals surface area (Å²) in [5.74, 6) is 0.603. The summed E-state index contributed by atoms with van der Waals surface area (Å²) >= 11 is 5.84. The number of morpholine rings is 1. The highest BCUT2D eigenvalue weighted by atomic mass is 35.5. The third-order valence-electron chi connectivity index (χ3n) is 4.35. The fourth-order valence-corrected chi connectivity index (χ4v) is 2.94. The van der Waals surface area contributed by atoms with Gasteiger partial charge in [-0.1, -0.05) is 42.8 Å². The molecule has 0 aromatic heterocycles. The largest absolute Gasteiger partial charge is 0.484 e. The van der Waals surface area contributed by atoms with Crippen LogP contribution in [0.3, 0.4) is 0 Å². The number of carbonyl (C=O) groups excluding carboxylic acids is 1. The van der Waals surface area contributed by atoms with E-state index in [-0.39, 0.29) is 18.6 Å². The molecule has 0 bridgehead atoms. The first-order chi connectivity index (χ1) is 12.2. The van der Waals surface area contributed by atoms with E-state index in [9.17, 15) is 4.79 Å². The highest BCUT2D eigenvalue weighted by Crippen LogP contribution is 2.23. The summed E-state index contributed by atoms with van der Waals surface area (Å²) in [4.78, 5) is 14.2. The number of amides is 1. The Morgan fingerprint density at radius 2 is 1.92 bits per heavy atom. The molecule has 1 saturated heterocycles. The fourth-order valence-electron chi connectivity index (χ4n) is 2.81. The molecule has 25 heavy (non-hydrogen) atoms. The summed E-state index contributed by atoms with van der Waals surface area (Å²) < 4.78 is 11.4. The number of carbonyl (C=O) groups is 1. The van der Waals surface area contributed by atoms with Gasteiger partial charge in [0, 0.05) is 11.6 Å². The first kappa shape index (κ1) is 17.8. The lowest BCUT2D eigenvalue weighted by molar-refractivity contribution is -0.141. The molecule has 3 rings (SSSR count). The molecule has 4 nitrogen and oxygen atoms in total. The number of hydrogen-bond acceptors (Lipinski definition) is 3. The normalized spacial score (nSPS) is 17.4. The van der Waals surface area contributed by atoms with Gasteiger partial charge in [0.05, 0.1) is 13.2 Å². The topological polar surface area (TPSA) is 38.8 Å². The zero-order chi connectivity index (χ0) is 17.6. The van der Waals surface area contributed by atoms with Gasteiger partial charge in [-0.2, -0.15) is 0 Å². The zero-order valence-corrected chi connectivity index (χ0v) is 15.0. The van der Waals surface area contributed by atoms with Crippen LogP contribution in [0.1, 0.15) is 24.2 Å². The van der Waals surface area contributed by atoms with Gasteiger partial charge in [0.25, 0.3) is 5.91 Å². The van der Waals surface area contributed by atoms with Crippen LogP contribution in [0.25, 0.3) is 0 Å². The predicted molar refractivity (Wildman–Crippen MR) is 98.0 cm³/mol. The minimum atomic E-state index is -0.0841. The second kappa shape index (κ2) is 8.37. The molecule has 1 unspecified atom stereocenters. The van der Waals surface area contributed by atoms with Gasteiger partial charge >= 0.3 is 0 Å². The van der Waals surface area contributed by atoms with E-state index in [1.807, 2.05) is 0 Å². The zero-order valence-electron chi connectivity index (χ0n) is 14.3. The SMILES string of the molecule is CCc1ccc(C2CN(C(=O)COc3ccc(Cl)cc3)CCO2)cc1. The van der Waals surface area contributed by atoms with Crippen LogP contribution in [0.2, 0.25) is 5.02 Å². The maximum atomic E-state index is 12.4. The third-order valence-corrected chi connectivity index (χ3v) is 4.61. The molecule has 1 atom stereocenters. The number of aryl methyl sites for hydroxylation is 1. The third kappa shape index (κ3) is 4.74. The van der Waals surface area contributed by atoms with Crippen LogP contribution in [-0.2, 0) is 16.0 Å². The molecule has 0 radical (unpaired) electrons. The Kier molecular flexibility index (Phi) is 5.95. The molecule has 1 fully saturated rings. The van der Waals surface area contributed by atoms with Crippen molar-refractivity contribution in [3.63, 3.8) is 0 Å². The standard InChI is InChI=1S/C20H22ClNO3/c1-2-15-3-5-16(6-4-15)19-13-22(11-12-24-19)20(23)14-25-18-9-7-17(21)8-10-18/h3-10,19H,2,11-14H2,1H3. The Balaban J connectivity index is 1.56. The molecule has 2 aromatic rings. The number of hydrogen-bond donors (Lipinski definition) is 0. The molecule has 132 valence electrons. The Morgan fingerprint density at radius 3 is 2.60 bits per heavy atom. The van der Waals surface area contributed by atoms with E-state index in [2.05, 4.69) is 31.2 Å². The van der Waals surface area contributed by atoms with Crippen molar-refractivity contribution in [2.24, 2.45) is 0 Å². The summed E-state index contributed by atoms with van der Waals surface area (Å²) in [5.41, 5.74) is 2.40. The van der Waals surface area contributed by atoms with Gasteiger partial charge < -0.3 is 14.4 Å². The van der Waals surface area contributed by atoms with Crippen LogP contribution in [0.15, 0.2) is 48.5 Å². The second-order valence-electron chi connectivity index (χ2n) is 6.04. The van der Waals surface area contributed by atoms with Crippen molar-refractivity contribution >= 4 is 17.5 Å². The molecule has 1 aliphatic rings. The van der Waals surface area contributed by atoms with Crippen LogP contribution in [0, 0.1) is 0 Å². The van der Waals surface area contributed by atoms with E-state index in [1.54, 1.807) is 29.2 Å².